The Hall–Kier alpha value is -2.89. The summed E-state index contributed by atoms with van der Waals surface area (Å²) in [5.74, 6) is 0.879. The van der Waals surface area contributed by atoms with Crippen LogP contribution in [0, 0.1) is 0 Å². The summed E-state index contributed by atoms with van der Waals surface area (Å²) in [6.45, 7) is 10.0. The van der Waals surface area contributed by atoms with Crippen molar-refractivity contribution >= 4 is 23.3 Å². The molecule has 1 aliphatic heterocycles. The second kappa shape index (κ2) is 9.74. The third kappa shape index (κ3) is 5.38. The van der Waals surface area contributed by atoms with Crippen LogP contribution >= 0.6 is 0 Å². The molecule has 30 heavy (non-hydrogen) atoms. The maximum atomic E-state index is 13.3. The molecule has 1 saturated heterocycles. The predicted molar refractivity (Wildman–Crippen MR) is 121 cm³/mol. The average Bonchev–Trinajstić information content (AvgIpc) is 3.26. The minimum atomic E-state index is -0.230. The monoisotopic (exact) mass is 408 g/mol. The highest BCUT2D eigenvalue weighted by molar-refractivity contribution is 6.08. The zero-order valence-corrected chi connectivity index (χ0v) is 18.4. The maximum absolute atomic E-state index is 13.3. The first-order chi connectivity index (χ1) is 14.3. The van der Waals surface area contributed by atoms with E-state index < -0.39 is 0 Å². The Morgan fingerprint density at radius 1 is 1.03 bits per heavy atom. The highest BCUT2D eigenvalue weighted by Crippen LogP contribution is 2.23. The Balaban J connectivity index is 1.84. The molecule has 1 aliphatic rings. The molecule has 1 fully saturated rings. The van der Waals surface area contributed by atoms with Crippen LogP contribution in [0.4, 0.5) is 11.5 Å². The van der Waals surface area contributed by atoms with Crippen LogP contribution in [0.25, 0.3) is 0 Å². The maximum Gasteiger partial charge on any atom is 0.260 e. The summed E-state index contributed by atoms with van der Waals surface area (Å²) in [5.41, 5.74) is 2.37. The average molecular weight is 409 g/mol. The topological polar surface area (TPSA) is 65.5 Å². The summed E-state index contributed by atoms with van der Waals surface area (Å²) < 4.78 is 0. The third-order valence-electron chi connectivity index (χ3n) is 5.29. The van der Waals surface area contributed by atoms with E-state index in [0.717, 1.165) is 18.9 Å². The van der Waals surface area contributed by atoms with E-state index in [2.05, 4.69) is 29.0 Å². The van der Waals surface area contributed by atoms with E-state index in [1.165, 1.54) is 23.3 Å². The lowest BCUT2D eigenvalue weighted by Crippen LogP contribution is -2.43. The molecule has 1 N–H and O–H groups in total. The first-order valence-corrected chi connectivity index (χ1v) is 10.8. The van der Waals surface area contributed by atoms with E-state index in [1.54, 1.807) is 12.3 Å². The molecule has 3 rings (SSSR count). The number of anilines is 2. The van der Waals surface area contributed by atoms with Crippen molar-refractivity contribution in [1.82, 2.24) is 10.3 Å². The van der Waals surface area contributed by atoms with E-state index in [1.807, 2.05) is 44.2 Å². The fourth-order valence-corrected chi connectivity index (χ4v) is 3.63. The first kappa shape index (κ1) is 21.8. The number of benzene rings is 1. The Morgan fingerprint density at radius 3 is 2.23 bits per heavy atom. The number of nitrogens with one attached hydrogen (secondary N) is 1. The van der Waals surface area contributed by atoms with E-state index in [4.69, 9.17) is 0 Å². The second-order valence-electron chi connectivity index (χ2n) is 8.46. The summed E-state index contributed by atoms with van der Waals surface area (Å²) in [5, 5.41) is 2.87. The first-order valence-electron chi connectivity index (χ1n) is 10.8. The number of hydrogen-bond acceptors (Lipinski definition) is 4. The molecular weight excluding hydrogens is 376 g/mol. The lowest BCUT2D eigenvalue weighted by molar-refractivity contribution is -0.120. The molecule has 0 atom stereocenters. The number of nitrogens with zero attached hydrogens (tertiary/aromatic N) is 3. The van der Waals surface area contributed by atoms with Crippen LogP contribution in [-0.2, 0) is 4.79 Å². The summed E-state index contributed by atoms with van der Waals surface area (Å²) >= 11 is 0. The van der Waals surface area contributed by atoms with Gasteiger partial charge in [-0.05, 0) is 62.4 Å². The van der Waals surface area contributed by atoms with Gasteiger partial charge in [-0.2, -0.15) is 0 Å². The Bertz CT molecular complexity index is 854. The zero-order chi connectivity index (χ0) is 21.7. The molecular formula is C24H32N4O2. The van der Waals surface area contributed by atoms with Gasteiger partial charge in [-0.25, -0.2) is 4.98 Å². The van der Waals surface area contributed by atoms with E-state index >= 15 is 0 Å². The van der Waals surface area contributed by atoms with Gasteiger partial charge in [-0.3, -0.25) is 14.5 Å². The molecule has 0 radical (unpaired) electrons. The van der Waals surface area contributed by atoms with Gasteiger partial charge in [-0.1, -0.05) is 26.0 Å². The van der Waals surface area contributed by atoms with Gasteiger partial charge in [0.25, 0.3) is 5.91 Å². The normalized spacial score (nSPS) is 13.7. The molecule has 1 aromatic heterocycles. The molecule has 6 nitrogen and oxygen atoms in total. The molecule has 2 heterocycles. The summed E-state index contributed by atoms with van der Waals surface area (Å²) in [6.07, 6.45) is 3.97. The van der Waals surface area contributed by atoms with Crippen LogP contribution in [0.1, 0.15) is 62.4 Å². The van der Waals surface area contributed by atoms with Gasteiger partial charge >= 0.3 is 0 Å². The minimum Gasteiger partial charge on any atom is -0.357 e. The van der Waals surface area contributed by atoms with Gasteiger partial charge in [0.1, 0.15) is 12.4 Å². The molecule has 1 aromatic carbocycles. The molecule has 160 valence electrons. The largest absolute Gasteiger partial charge is 0.357 e. The van der Waals surface area contributed by atoms with Crippen molar-refractivity contribution in [3.05, 3.63) is 53.7 Å². The standard InChI is InChI=1S/C24H32N4O2/c1-17(2)19-7-10-21(11-8-19)28(16-23(29)26-18(3)4)24(30)20-9-12-22(25-15-20)27-13-5-6-14-27/h7-12,15,17-18H,5-6,13-14,16H2,1-4H3,(H,26,29). The van der Waals surface area contributed by atoms with Gasteiger partial charge in [0.15, 0.2) is 0 Å². The zero-order valence-electron chi connectivity index (χ0n) is 18.4. The molecule has 0 saturated carbocycles. The molecule has 2 aromatic rings. The number of carbonyl (C=O) groups is 2. The van der Waals surface area contributed by atoms with Crippen molar-refractivity contribution in [3.8, 4) is 0 Å². The Morgan fingerprint density at radius 2 is 1.70 bits per heavy atom. The number of carbonyl (C=O) groups excluding carboxylic acids is 2. The van der Waals surface area contributed by atoms with Gasteiger partial charge in [0, 0.05) is 31.0 Å². The molecule has 6 heteroatoms. The van der Waals surface area contributed by atoms with Crippen molar-refractivity contribution < 1.29 is 9.59 Å². The smallest absolute Gasteiger partial charge is 0.260 e. The highest BCUT2D eigenvalue weighted by Gasteiger charge is 2.22. The molecule has 0 bridgehead atoms. The Labute approximate surface area is 179 Å². The highest BCUT2D eigenvalue weighted by atomic mass is 16.2. The van der Waals surface area contributed by atoms with Crippen LogP contribution in [0.2, 0.25) is 0 Å². The number of hydrogen-bond donors (Lipinski definition) is 1. The van der Waals surface area contributed by atoms with E-state index in [9.17, 15) is 9.59 Å². The van der Waals surface area contributed by atoms with Crippen LogP contribution in [-0.4, -0.2) is 42.5 Å². The van der Waals surface area contributed by atoms with E-state index in [0.29, 0.717) is 17.2 Å². The Kier molecular flexibility index (Phi) is 7.08. The number of amides is 2. The van der Waals surface area contributed by atoms with Crippen LogP contribution in [0.15, 0.2) is 42.6 Å². The number of rotatable bonds is 7. The lowest BCUT2D eigenvalue weighted by Gasteiger charge is -2.24. The van der Waals surface area contributed by atoms with Crippen LogP contribution in [0.5, 0.6) is 0 Å². The molecule has 2 amide bonds. The molecule has 0 unspecified atom stereocenters. The molecule has 0 aliphatic carbocycles. The lowest BCUT2D eigenvalue weighted by atomic mass is 10.0. The van der Waals surface area contributed by atoms with Crippen molar-refractivity contribution in [2.75, 3.05) is 29.4 Å². The summed E-state index contributed by atoms with van der Waals surface area (Å²) in [7, 11) is 0. The fourth-order valence-electron chi connectivity index (χ4n) is 3.63. The van der Waals surface area contributed by atoms with Crippen molar-refractivity contribution in [1.29, 1.82) is 0 Å². The quantitative estimate of drug-likeness (QED) is 0.753. The SMILES string of the molecule is CC(C)NC(=O)CN(C(=O)c1ccc(N2CCCC2)nc1)c1ccc(C(C)C)cc1. The van der Waals surface area contributed by atoms with Gasteiger partial charge in [0.2, 0.25) is 5.91 Å². The summed E-state index contributed by atoms with van der Waals surface area (Å²) in [4.78, 5) is 34.0. The number of aromatic nitrogens is 1. The number of pyridine rings is 1. The van der Waals surface area contributed by atoms with Crippen LogP contribution < -0.4 is 15.1 Å². The van der Waals surface area contributed by atoms with Crippen molar-refractivity contribution in [3.63, 3.8) is 0 Å². The minimum absolute atomic E-state index is 0.0131. The van der Waals surface area contributed by atoms with Crippen molar-refractivity contribution in [2.24, 2.45) is 0 Å². The van der Waals surface area contributed by atoms with Crippen molar-refractivity contribution in [2.45, 2.75) is 52.5 Å². The van der Waals surface area contributed by atoms with Gasteiger partial charge < -0.3 is 10.2 Å². The van der Waals surface area contributed by atoms with Gasteiger partial charge in [-0.15, -0.1) is 0 Å². The van der Waals surface area contributed by atoms with Gasteiger partial charge in [0.05, 0.1) is 5.56 Å². The fraction of sp³-hybridized carbons (Fsp3) is 0.458. The third-order valence-corrected chi connectivity index (χ3v) is 5.29. The van der Waals surface area contributed by atoms with E-state index in [-0.39, 0.29) is 24.4 Å². The van der Waals surface area contributed by atoms with Crippen LogP contribution in [0.3, 0.4) is 0 Å². The second-order valence-corrected chi connectivity index (χ2v) is 8.46. The predicted octanol–water partition coefficient (Wildman–Crippen LogP) is 3.98. The molecule has 0 spiro atoms. The summed E-state index contributed by atoms with van der Waals surface area (Å²) in [6, 6.07) is 11.5.